The van der Waals surface area contributed by atoms with Gasteiger partial charge in [0.25, 0.3) is 5.95 Å². The van der Waals surface area contributed by atoms with E-state index in [4.69, 9.17) is 4.74 Å². The van der Waals surface area contributed by atoms with Crippen molar-refractivity contribution >= 4 is 23.7 Å². The Kier molecular flexibility index (Phi) is 7.23. The Hall–Kier alpha value is -2.88. The van der Waals surface area contributed by atoms with Crippen LogP contribution in [0.2, 0.25) is 0 Å². The molecule has 29 heavy (non-hydrogen) atoms. The van der Waals surface area contributed by atoms with Crippen molar-refractivity contribution in [3.63, 3.8) is 0 Å². The normalized spacial score (nSPS) is 10.9. The van der Waals surface area contributed by atoms with E-state index in [2.05, 4.69) is 49.5 Å². The minimum Gasteiger partial charge on any atom is -0.492 e. The summed E-state index contributed by atoms with van der Waals surface area (Å²) in [7, 11) is 1.77. The van der Waals surface area contributed by atoms with Crippen LogP contribution in [0.5, 0.6) is 5.75 Å². The molecule has 2 heterocycles. The van der Waals surface area contributed by atoms with Gasteiger partial charge >= 0.3 is 0 Å². The van der Waals surface area contributed by atoms with E-state index in [1.165, 1.54) is 11.8 Å². The molecular weight excluding hydrogens is 388 g/mol. The third-order valence-electron chi connectivity index (χ3n) is 3.86. The Balaban J connectivity index is 1.60. The standard InChI is InChI=1S/C19H26N8OS/c1-13(2)11-21-17-23-16(20-4)24-18(25-17)27-12-22-19(26-27)29-10-9-28-15-8-6-5-7-14(15)3/h5-8,12-13H,9-11H2,1-4H3,(H2,20,21,23,24,25). The molecule has 9 nitrogen and oxygen atoms in total. The maximum Gasteiger partial charge on any atom is 0.258 e. The summed E-state index contributed by atoms with van der Waals surface area (Å²) in [6.07, 6.45) is 1.60. The van der Waals surface area contributed by atoms with Crippen LogP contribution in [0.15, 0.2) is 35.7 Å². The summed E-state index contributed by atoms with van der Waals surface area (Å²) in [5.74, 6) is 3.49. The highest BCUT2D eigenvalue weighted by Gasteiger charge is 2.11. The molecule has 0 saturated carbocycles. The van der Waals surface area contributed by atoms with E-state index in [1.807, 2.05) is 31.2 Å². The number of aromatic nitrogens is 6. The molecule has 0 saturated heterocycles. The smallest absolute Gasteiger partial charge is 0.258 e. The molecule has 0 amide bonds. The predicted octanol–water partition coefficient (Wildman–Crippen LogP) is 3.04. The Morgan fingerprint density at radius 2 is 1.93 bits per heavy atom. The number of aryl methyl sites for hydroxylation is 1. The van der Waals surface area contributed by atoms with Gasteiger partial charge in [0.2, 0.25) is 17.1 Å². The first kappa shape index (κ1) is 20.8. The van der Waals surface area contributed by atoms with Gasteiger partial charge in [-0.3, -0.25) is 0 Å². The highest BCUT2D eigenvalue weighted by molar-refractivity contribution is 7.99. The third-order valence-corrected chi connectivity index (χ3v) is 4.67. The van der Waals surface area contributed by atoms with E-state index in [9.17, 15) is 0 Å². The molecule has 10 heteroatoms. The van der Waals surface area contributed by atoms with Crippen molar-refractivity contribution < 1.29 is 4.74 Å². The monoisotopic (exact) mass is 414 g/mol. The SMILES string of the molecule is CNc1nc(NCC(C)C)nc(-n2cnc(SCCOc3ccccc3C)n2)n1. The molecule has 0 aliphatic rings. The minimum atomic E-state index is 0.408. The van der Waals surface area contributed by atoms with Crippen LogP contribution in [0.1, 0.15) is 19.4 Å². The molecule has 0 unspecified atom stereocenters. The van der Waals surface area contributed by atoms with Gasteiger partial charge in [-0.2, -0.15) is 19.6 Å². The fraction of sp³-hybridized carbons (Fsp3) is 0.421. The average molecular weight is 415 g/mol. The van der Waals surface area contributed by atoms with E-state index in [-0.39, 0.29) is 0 Å². The summed E-state index contributed by atoms with van der Waals surface area (Å²) in [5.41, 5.74) is 1.12. The van der Waals surface area contributed by atoms with Gasteiger partial charge in [0.1, 0.15) is 12.1 Å². The number of thioether (sulfide) groups is 1. The Morgan fingerprint density at radius 1 is 1.14 bits per heavy atom. The molecule has 0 spiro atoms. The van der Waals surface area contributed by atoms with Gasteiger partial charge in [-0.25, -0.2) is 4.98 Å². The zero-order valence-electron chi connectivity index (χ0n) is 17.1. The molecule has 0 radical (unpaired) electrons. The number of hydrogen-bond donors (Lipinski definition) is 2. The van der Waals surface area contributed by atoms with Crippen LogP contribution < -0.4 is 15.4 Å². The van der Waals surface area contributed by atoms with Crippen molar-refractivity contribution in [2.75, 3.05) is 36.6 Å². The van der Waals surface area contributed by atoms with Crippen LogP contribution in [0.25, 0.3) is 5.95 Å². The first-order valence-electron chi connectivity index (χ1n) is 9.46. The Bertz CT molecular complexity index is 930. The summed E-state index contributed by atoms with van der Waals surface area (Å²) < 4.78 is 7.36. The lowest BCUT2D eigenvalue weighted by Gasteiger charge is -2.09. The largest absolute Gasteiger partial charge is 0.492 e. The molecule has 1 aromatic carbocycles. The summed E-state index contributed by atoms with van der Waals surface area (Å²) in [5, 5.41) is 11.3. The fourth-order valence-electron chi connectivity index (χ4n) is 2.37. The summed E-state index contributed by atoms with van der Waals surface area (Å²) in [6.45, 7) is 7.62. The molecule has 0 aliphatic carbocycles. The van der Waals surface area contributed by atoms with Gasteiger partial charge in [0.15, 0.2) is 0 Å². The lowest BCUT2D eigenvalue weighted by atomic mass is 10.2. The van der Waals surface area contributed by atoms with Crippen LogP contribution in [0.3, 0.4) is 0 Å². The second kappa shape index (κ2) is 10.1. The van der Waals surface area contributed by atoms with Crippen LogP contribution in [0.4, 0.5) is 11.9 Å². The van der Waals surface area contributed by atoms with E-state index in [1.54, 1.807) is 18.1 Å². The van der Waals surface area contributed by atoms with Crippen molar-refractivity contribution in [3.8, 4) is 11.7 Å². The van der Waals surface area contributed by atoms with Crippen LogP contribution in [-0.4, -0.2) is 55.7 Å². The number of nitrogens with one attached hydrogen (secondary N) is 2. The molecule has 154 valence electrons. The molecule has 0 aliphatic heterocycles. The van der Waals surface area contributed by atoms with Crippen molar-refractivity contribution in [1.82, 2.24) is 29.7 Å². The molecule has 3 rings (SSSR count). The molecule has 0 atom stereocenters. The van der Waals surface area contributed by atoms with E-state index in [0.717, 1.165) is 23.6 Å². The Labute approximate surface area is 174 Å². The number of hydrogen-bond acceptors (Lipinski definition) is 9. The molecule has 2 aromatic heterocycles. The van der Waals surface area contributed by atoms with Gasteiger partial charge in [0.05, 0.1) is 6.61 Å². The molecule has 0 bridgehead atoms. The zero-order chi connectivity index (χ0) is 20.6. The third kappa shape index (κ3) is 6.05. The van der Waals surface area contributed by atoms with Crippen LogP contribution in [0, 0.1) is 12.8 Å². The first-order chi connectivity index (χ1) is 14.0. The number of anilines is 2. The van der Waals surface area contributed by atoms with Gasteiger partial charge in [0, 0.05) is 19.3 Å². The molecule has 2 N–H and O–H groups in total. The first-order valence-corrected chi connectivity index (χ1v) is 10.4. The van der Waals surface area contributed by atoms with Gasteiger partial charge in [-0.15, -0.1) is 5.10 Å². The second-order valence-electron chi connectivity index (χ2n) is 6.74. The lowest BCUT2D eigenvalue weighted by molar-refractivity contribution is 0.341. The highest BCUT2D eigenvalue weighted by atomic mass is 32.2. The van der Waals surface area contributed by atoms with Crippen LogP contribution >= 0.6 is 11.8 Å². The number of para-hydroxylation sites is 1. The number of nitrogens with zero attached hydrogens (tertiary/aromatic N) is 6. The van der Waals surface area contributed by atoms with Gasteiger partial charge in [-0.05, 0) is 24.5 Å². The van der Waals surface area contributed by atoms with Crippen molar-refractivity contribution in [3.05, 3.63) is 36.2 Å². The van der Waals surface area contributed by atoms with Gasteiger partial charge in [-0.1, -0.05) is 43.8 Å². The van der Waals surface area contributed by atoms with Gasteiger partial charge < -0.3 is 15.4 Å². The quantitative estimate of drug-likeness (QED) is 0.383. The molecular formula is C19H26N8OS. The summed E-state index contributed by atoms with van der Waals surface area (Å²) >= 11 is 1.52. The highest BCUT2D eigenvalue weighted by Crippen LogP contribution is 2.18. The summed E-state index contributed by atoms with van der Waals surface area (Å²) in [6, 6.07) is 7.97. The zero-order valence-corrected chi connectivity index (χ0v) is 17.9. The number of ether oxygens (including phenoxy) is 1. The minimum absolute atomic E-state index is 0.408. The van der Waals surface area contributed by atoms with Crippen molar-refractivity contribution in [2.45, 2.75) is 25.9 Å². The van der Waals surface area contributed by atoms with Crippen molar-refractivity contribution in [1.29, 1.82) is 0 Å². The van der Waals surface area contributed by atoms with E-state index in [0.29, 0.717) is 35.5 Å². The predicted molar refractivity (Wildman–Crippen MR) is 115 cm³/mol. The molecule has 0 fully saturated rings. The van der Waals surface area contributed by atoms with Crippen LogP contribution in [-0.2, 0) is 0 Å². The topological polar surface area (TPSA) is 103 Å². The lowest BCUT2D eigenvalue weighted by Crippen LogP contribution is -2.14. The van der Waals surface area contributed by atoms with Crippen molar-refractivity contribution in [2.24, 2.45) is 5.92 Å². The van der Waals surface area contributed by atoms with E-state index < -0.39 is 0 Å². The fourth-order valence-corrected chi connectivity index (χ4v) is 2.98. The second-order valence-corrected chi connectivity index (χ2v) is 7.80. The maximum absolute atomic E-state index is 5.81. The Morgan fingerprint density at radius 3 is 2.69 bits per heavy atom. The number of benzene rings is 1. The summed E-state index contributed by atoms with van der Waals surface area (Å²) in [4.78, 5) is 17.5. The average Bonchev–Trinajstić information content (AvgIpc) is 3.19. The molecule has 3 aromatic rings. The number of rotatable bonds is 10. The van der Waals surface area contributed by atoms with E-state index >= 15 is 0 Å². The maximum atomic E-state index is 5.81.